The summed E-state index contributed by atoms with van der Waals surface area (Å²) in [7, 11) is 0. The van der Waals surface area contributed by atoms with Crippen molar-refractivity contribution in [2.24, 2.45) is 5.73 Å². The maximum absolute atomic E-state index is 12.7. The Morgan fingerprint density at radius 3 is 2.63 bits per heavy atom. The Balaban J connectivity index is 2.26. The van der Waals surface area contributed by atoms with Gasteiger partial charge in [-0.2, -0.15) is 13.2 Å². The van der Waals surface area contributed by atoms with E-state index in [0.29, 0.717) is 12.2 Å². The molecule has 5 heteroatoms. The highest BCUT2D eigenvalue weighted by Crippen LogP contribution is 2.37. The number of rotatable bonds is 2. The molecule has 1 aliphatic heterocycles. The molecule has 19 heavy (non-hydrogen) atoms. The summed E-state index contributed by atoms with van der Waals surface area (Å²) in [6.45, 7) is 2.49. The lowest BCUT2D eigenvalue weighted by molar-refractivity contribution is -0.137. The van der Waals surface area contributed by atoms with Gasteiger partial charge in [0.15, 0.2) is 0 Å². The number of halogens is 3. The predicted molar refractivity (Wildman–Crippen MR) is 66.6 cm³/mol. The van der Waals surface area contributed by atoms with Gasteiger partial charge in [0.25, 0.3) is 0 Å². The summed E-state index contributed by atoms with van der Waals surface area (Å²) in [5, 5.41) is 0. The molecule has 0 aliphatic carbocycles. The Hall–Kier alpha value is -1.07. The fraction of sp³-hybridized carbons (Fsp3) is 0.571. The summed E-state index contributed by atoms with van der Waals surface area (Å²) in [4.78, 5) is 0. The average Bonchev–Trinajstić information content (AvgIpc) is 2.38. The zero-order chi connectivity index (χ0) is 14.1. The number of benzene rings is 1. The number of alkyl halides is 3. The molecule has 106 valence electrons. The smallest absolute Gasteiger partial charge is 0.373 e. The van der Waals surface area contributed by atoms with E-state index in [1.807, 2.05) is 6.92 Å². The van der Waals surface area contributed by atoms with E-state index in [1.54, 1.807) is 6.07 Å². The van der Waals surface area contributed by atoms with Crippen molar-refractivity contribution in [1.29, 1.82) is 0 Å². The molecule has 1 fully saturated rings. The molecule has 2 atom stereocenters. The molecule has 2 nitrogen and oxygen atoms in total. The lowest BCUT2D eigenvalue weighted by Gasteiger charge is -2.39. The number of nitrogens with two attached hydrogens (primary N) is 1. The van der Waals surface area contributed by atoms with Crippen molar-refractivity contribution in [3.05, 3.63) is 35.4 Å². The molecule has 2 rings (SSSR count). The lowest BCUT2D eigenvalue weighted by atomic mass is 9.84. The van der Waals surface area contributed by atoms with Gasteiger partial charge in [-0.25, -0.2) is 0 Å². The van der Waals surface area contributed by atoms with Gasteiger partial charge in [0, 0.05) is 6.61 Å². The van der Waals surface area contributed by atoms with Crippen molar-refractivity contribution >= 4 is 0 Å². The quantitative estimate of drug-likeness (QED) is 0.892. The van der Waals surface area contributed by atoms with E-state index in [2.05, 4.69) is 0 Å². The molecule has 0 aromatic heterocycles. The minimum Gasteiger partial charge on any atom is -0.373 e. The molecule has 1 aliphatic rings. The molecule has 0 amide bonds. The van der Waals surface area contributed by atoms with Crippen LogP contribution in [0.5, 0.6) is 0 Å². The first-order valence-corrected chi connectivity index (χ1v) is 6.40. The average molecular weight is 273 g/mol. The molecule has 1 saturated heterocycles. The van der Waals surface area contributed by atoms with Crippen molar-refractivity contribution in [3.63, 3.8) is 0 Å². The zero-order valence-corrected chi connectivity index (χ0v) is 10.8. The van der Waals surface area contributed by atoms with Crippen LogP contribution in [0, 0.1) is 0 Å². The third-order valence-electron chi connectivity index (χ3n) is 3.73. The minimum atomic E-state index is -4.34. The van der Waals surface area contributed by atoms with Gasteiger partial charge in [-0.3, -0.25) is 0 Å². The van der Waals surface area contributed by atoms with Gasteiger partial charge in [-0.1, -0.05) is 12.1 Å². The fourth-order valence-corrected chi connectivity index (χ4v) is 2.46. The van der Waals surface area contributed by atoms with E-state index in [4.69, 9.17) is 10.5 Å². The molecular weight excluding hydrogens is 255 g/mol. The van der Waals surface area contributed by atoms with Gasteiger partial charge < -0.3 is 10.5 Å². The third-order valence-corrected chi connectivity index (χ3v) is 3.73. The van der Waals surface area contributed by atoms with E-state index in [0.717, 1.165) is 31.4 Å². The fourth-order valence-electron chi connectivity index (χ4n) is 2.46. The van der Waals surface area contributed by atoms with Crippen molar-refractivity contribution in [2.75, 3.05) is 6.61 Å². The van der Waals surface area contributed by atoms with Crippen LogP contribution in [0.3, 0.4) is 0 Å². The monoisotopic (exact) mass is 273 g/mol. The number of hydrogen-bond acceptors (Lipinski definition) is 2. The van der Waals surface area contributed by atoms with Crippen molar-refractivity contribution < 1.29 is 17.9 Å². The molecule has 2 unspecified atom stereocenters. The van der Waals surface area contributed by atoms with Crippen LogP contribution in [0.4, 0.5) is 13.2 Å². The second-order valence-corrected chi connectivity index (χ2v) is 5.22. The van der Waals surface area contributed by atoms with Crippen LogP contribution in [0.2, 0.25) is 0 Å². The summed E-state index contributed by atoms with van der Waals surface area (Å²) >= 11 is 0. The first-order chi connectivity index (χ1) is 8.83. The van der Waals surface area contributed by atoms with E-state index in [-0.39, 0.29) is 0 Å². The van der Waals surface area contributed by atoms with Gasteiger partial charge in [0.05, 0.1) is 17.2 Å². The first-order valence-electron chi connectivity index (χ1n) is 6.40. The van der Waals surface area contributed by atoms with Gasteiger partial charge in [0.2, 0.25) is 0 Å². The summed E-state index contributed by atoms with van der Waals surface area (Å²) in [6, 6.07) is 4.65. The van der Waals surface area contributed by atoms with Crippen LogP contribution < -0.4 is 5.73 Å². The van der Waals surface area contributed by atoms with Crippen LogP contribution in [0.15, 0.2) is 24.3 Å². The first kappa shape index (κ1) is 14.3. The number of ether oxygens (including phenoxy) is 1. The largest absolute Gasteiger partial charge is 0.416 e. The maximum atomic E-state index is 12.7. The molecule has 0 saturated carbocycles. The van der Waals surface area contributed by atoms with Crippen molar-refractivity contribution in [1.82, 2.24) is 0 Å². The topological polar surface area (TPSA) is 35.2 Å². The number of hydrogen-bond donors (Lipinski definition) is 1. The van der Waals surface area contributed by atoms with Crippen LogP contribution in [-0.4, -0.2) is 12.2 Å². The van der Waals surface area contributed by atoms with Crippen LogP contribution in [0.1, 0.15) is 43.4 Å². The molecule has 0 spiro atoms. The molecule has 1 aromatic rings. The Kier molecular flexibility index (Phi) is 3.87. The van der Waals surface area contributed by atoms with Crippen LogP contribution in [-0.2, 0) is 10.9 Å². The highest BCUT2D eigenvalue weighted by atomic mass is 19.4. The molecule has 1 heterocycles. The standard InChI is InChI=1S/C14H18F3NO/c1-13(7-2-3-8-19-13)12(18)10-5-4-6-11(9-10)14(15,16)17/h4-6,9,12H,2-3,7-8,18H2,1H3. The van der Waals surface area contributed by atoms with Crippen LogP contribution >= 0.6 is 0 Å². The Morgan fingerprint density at radius 1 is 1.32 bits per heavy atom. The molecule has 1 aromatic carbocycles. The molecule has 0 bridgehead atoms. The van der Waals surface area contributed by atoms with Crippen molar-refractivity contribution in [3.8, 4) is 0 Å². The molecule has 0 radical (unpaired) electrons. The third kappa shape index (κ3) is 3.09. The highest BCUT2D eigenvalue weighted by molar-refractivity contribution is 5.29. The van der Waals surface area contributed by atoms with Crippen LogP contribution in [0.25, 0.3) is 0 Å². The lowest BCUT2D eigenvalue weighted by Crippen LogP contribution is -2.43. The normalized spacial score (nSPS) is 26.2. The SMILES string of the molecule is CC1(C(N)c2cccc(C(F)(F)F)c2)CCCCO1. The zero-order valence-electron chi connectivity index (χ0n) is 10.8. The Bertz CT molecular complexity index is 439. The van der Waals surface area contributed by atoms with E-state index in [9.17, 15) is 13.2 Å². The maximum Gasteiger partial charge on any atom is 0.416 e. The predicted octanol–water partition coefficient (Wildman–Crippen LogP) is 3.66. The minimum absolute atomic E-state index is 0.472. The Morgan fingerprint density at radius 2 is 2.05 bits per heavy atom. The second kappa shape index (κ2) is 5.13. The molecule has 2 N–H and O–H groups in total. The van der Waals surface area contributed by atoms with Gasteiger partial charge in [-0.05, 0) is 43.9 Å². The van der Waals surface area contributed by atoms with E-state index < -0.39 is 23.4 Å². The highest BCUT2D eigenvalue weighted by Gasteiger charge is 2.37. The summed E-state index contributed by atoms with van der Waals surface area (Å²) in [5.41, 5.74) is 5.35. The summed E-state index contributed by atoms with van der Waals surface area (Å²) in [5.74, 6) is 0. The van der Waals surface area contributed by atoms with Crippen molar-refractivity contribution in [2.45, 2.75) is 44.0 Å². The molecular formula is C14H18F3NO. The second-order valence-electron chi connectivity index (χ2n) is 5.22. The van der Waals surface area contributed by atoms with E-state index >= 15 is 0 Å². The summed E-state index contributed by atoms with van der Waals surface area (Å²) < 4.78 is 43.8. The van der Waals surface area contributed by atoms with Gasteiger partial charge in [0.1, 0.15) is 0 Å². The van der Waals surface area contributed by atoms with Gasteiger partial charge >= 0.3 is 6.18 Å². The summed E-state index contributed by atoms with van der Waals surface area (Å²) in [6.07, 6.45) is -1.61. The van der Waals surface area contributed by atoms with Gasteiger partial charge in [-0.15, -0.1) is 0 Å². The Labute approximate surface area is 110 Å². The van der Waals surface area contributed by atoms with E-state index in [1.165, 1.54) is 6.07 Å².